The van der Waals surface area contributed by atoms with E-state index >= 15 is 0 Å². The van der Waals surface area contributed by atoms with Crippen molar-refractivity contribution in [3.8, 4) is 5.75 Å². The lowest BCUT2D eigenvalue weighted by Gasteiger charge is -2.15. The maximum atomic E-state index is 12.0. The minimum atomic E-state index is -4.10. The quantitative estimate of drug-likeness (QED) is 0.837. The predicted octanol–water partition coefficient (Wildman–Crippen LogP) is -0.0280. The van der Waals surface area contributed by atoms with Gasteiger partial charge in [-0.1, -0.05) is 0 Å². The highest BCUT2D eigenvalue weighted by Crippen LogP contribution is 2.32. The molecule has 1 aromatic heterocycles. The Morgan fingerprint density at radius 1 is 1.47 bits per heavy atom. The minimum absolute atomic E-state index is 0.00907. The molecule has 1 amide bonds. The fourth-order valence-corrected chi connectivity index (χ4v) is 2.33. The molecule has 2 rings (SSSR count). The molecule has 104 valence electrons. The summed E-state index contributed by atoms with van der Waals surface area (Å²) in [6.45, 7) is 0. The number of nitrogens with zero attached hydrogens (tertiary/aromatic N) is 2. The molecule has 1 heterocycles. The standard InChI is InChI=1S/C11H15N3O4S/c1-14(2)11(15)9-10(19(12,16)17)8(5-6-13-9)18-7-3-4-7/h5-7H,3-4H2,1-2H3,(H2,12,16,17). The Labute approximate surface area is 111 Å². The van der Waals surface area contributed by atoms with Crippen molar-refractivity contribution < 1.29 is 17.9 Å². The Hall–Kier alpha value is -1.67. The van der Waals surface area contributed by atoms with Crippen molar-refractivity contribution >= 4 is 15.9 Å². The van der Waals surface area contributed by atoms with Gasteiger partial charge >= 0.3 is 0 Å². The summed E-state index contributed by atoms with van der Waals surface area (Å²) in [5.41, 5.74) is -0.217. The number of ether oxygens (including phenoxy) is 1. The number of hydrogen-bond donors (Lipinski definition) is 1. The molecule has 0 atom stereocenters. The number of nitrogens with two attached hydrogens (primary N) is 1. The molecule has 0 saturated heterocycles. The fourth-order valence-electron chi connectivity index (χ4n) is 1.53. The van der Waals surface area contributed by atoms with Gasteiger partial charge in [-0.15, -0.1) is 0 Å². The molecule has 2 N–H and O–H groups in total. The molecule has 0 aromatic carbocycles. The lowest BCUT2D eigenvalue weighted by molar-refractivity contribution is 0.0816. The second-order valence-electron chi connectivity index (χ2n) is 4.55. The van der Waals surface area contributed by atoms with Gasteiger partial charge in [0.25, 0.3) is 5.91 Å². The van der Waals surface area contributed by atoms with Gasteiger partial charge in [0.1, 0.15) is 5.75 Å². The van der Waals surface area contributed by atoms with Crippen LogP contribution in [0.3, 0.4) is 0 Å². The van der Waals surface area contributed by atoms with Crippen molar-refractivity contribution in [1.29, 1.82) is 0 Å². The van der Waals surface area contributed by atoms with Gasteiger partial charge in [0.2, 0.25) is 10.0 Å². The molecule has 0 spiro atoms. The number of primary sulfonamides is 1. The van der Waals surface area contributed by atoms with Crippen LogP contribution >= 0.6 is 0 Å². The van der Waals surface area contributed by atoms with Crippen molar-refractivity contribution in [1.82, 2.24) is 9.88 Å². The van der Waals surface area contributed by atoms with Gasteiger partial charge in [0, 0.05) is 20.3 Å². The SMILES string of the molecule is CN(C)C(=O)c1nccc(OC2CC2)c1S(N)(=O)=O. The Balaban J connectivity index is 2.56. The van der Waals surface area contributed by atoms with E-state index in [0.29, 0.717) is 0 Å². The molecule has 0 unspecified atom stereocenters. The van der Waals surface area contributed by atoms with Crippen LogP contribution in [0.1, 0.15) is 23.3 Å². The van der Waals surface area contributed by atoms with Crippen LogP contribution in [0.2, 0.25) is 0 Å². The Kier molecular flexibility index (Phi) is 3.46. The van der Waals surface area contributed by atoms with Gasteiger partial charge in [-0.2, -0.15) is 0 Å². The molecule has 7 nitrogen and oxygen atoms in total. The van der Waals surface area contributed by atoms with E-state index in [1.54, 1.807) is 0 Å². The van der Waals surface area contributed by atoms with E-state index in [9.17, 15) is 13.2 Å². The lowest BCUT2D eigenvalue weighted by atomic mass is 10.3. The van der Waals surface area contributed by atoms with E-state index in [0.717, 1.165) is 12.8 Å². The molecule has 0 bridgehead atoms. The summed E-state index contributed by atoms with van der Waals surface area (Å²) in [6, 6.07) is 1.41. The van der Waals surface area contributed by atoms with E-state index < -0.39 is 15.9 Å². The first kappa shape index (κ1) is 13.8. The third-order valence-corrected chi connectivity index (χ3v) is 3.54. The third-order valence-electron chi connectivity index (χ3n) is 2.58. The highest BCUT2D eigenvalue weighted by Gasteiger charge is 2.31. The number of pyridine rings is 1. The van der Waals surface area contributed by atoms with Crippen LogP contribution in [0.15, 0.2) is 17.2 Å². The molecule has 1 aliphatic carbocycles. The van der Waals surface area contributed by atoms with E-state index in [2.05, 4.69) is 4.98 Å². The molecule has 1 saturated carbocycles. The van der Waals surface area contributed by atoms with Crippen LogP contribution in [0, 0.1) is 0 Å². The van der Waals surface area contributed by atoms with Crippen LogP contribution < -0.4 is 9.88 Å². The van der Waals surface area contributed by atoms with Gasteiger partial charge in [0.05, 0.1) is 6.10 Å². The summed E-state index contributed by atoms with van der Waals surface area (Å²) in [7, 11) is -1.08. The van der Waals surface area contributed by atoms with Crippen LogP contribution in [0.25, 0.3) is 0 Å². The van der Waals surface area contributed by atoms with Crippen LogP contribution in [0.4, 0.5) is 0 Å². The van der Waals surface area contributed by atoms with Crippen molar-refractivity contribution in [3.63, 3.8) is 0 Å². The number of carbonyl (C=O) groups is 1. The smallest absolute Gasteiger partial charge is 0.273 e. The largest absolute Gasteiger partial charge is 0.489 e. The first-order valence-corrected chi connectivity index (χ1v) is 7.25. The summed E-state index contributed by atoms with van der Waals surface area (Å²) < 4.78 is 28.9. The Morgan fingerprint density at radius 2 is 2.11 bits per heavy atom. The number of amides is 1. The first-order valence-electron chi connectivity index (χ1n) is 5.71. The molecule has 0 radical (unpaired) electrons. The van der Waals surface area contributed by atoms with E-state index in [-0.39, 0.29) is 22.4 Å². The third kappa shape index (κ3) is 3.02. The molecule has 8 heteroatoms. The van der Waals surface area contributed by atoms with Crippen molar-refractivity contribution in [3.05, 3.63) is 18.0 Å². The average molecular weight is 285 g/mol. The normalized spacial score (nSPS) is 15.1. The second-order valence-corrected chi connectivity index (χ2v) is 6.05. The highest BCUT2D eigenvalue weighted by atomic mass is 32.2. The zero-order valence-electron chi connectivity index (χ0n) is 10.7. The monoisotopic (exact) mass is 285 g/mol. The maximum Gasteiger partial charge on any atom is 0.273 e. The summed E-state index contributed by atoms with van der Waals surface area (Å²) >= 11 is 0. The second kappa shape index (κ2) is 4.78. The van der Waals surface area contributed by atoms with E-state index in [4.69, 9.17) is 9.88 Å². The number of carbonyl (C=O) groups excluding carboxylic acids is 1. The van der Waals surface area contributed by atoms with Gasteiger partial charge in [-0.3, -0.25) is 4.79 Å². The molecule has 1 fully saturated rings. The van der Waals surface area contributed by atoms with Gasteiger partial charge < -0.3 is 9.64 Å². The predicted molar refractivity (Wildman–Crippen MR) is 67.3 cm³/mol. The molecule has 1 aliphatic rings. The topological polar surface area (TPSA) is 103 Å². The van der Waals surface area contributed by atoms with E-state index in [1.165, 1.54) is 31.3 Å². The summed E-state index contributed by atoms with van der Waals surface area (Å²) in [4.78, 5) is 16.7. The lowest BCUT2D eigenvalue weighted by Crippen LogP contribution is -2.27. The molecular formula is C11H15N3O4S. The number of rotatable bonds is 4. The van der Waals surface area contributed by atoms with Crippen LogP contribution in [-0.4, -0.2) is 44.4 Å². The molecule has 0 aliphatic heterocycles. The average Bonchev–Trinajstić information content (AvgIpc) is 3.10. The van der Waals surface area contributed by atoms with Gasteiger partial charge in [-0.05, 0) is 18.9 Å². The van der Waals surface area contributed by atoms with Gasteiger partial charge in [0.15, 0.2) is 10.6 Å². The molecule has 1 aromatic rings. The Morgan fingerprint density at radius 3 is 2.58 bits per heavy atom. The van der Waals surface area contributed by atoms with Crippen molar-refractivity contribution in [2.45, 2.75) is 23.8 Å². The van der Waals surface area contributed by atoms with Gasteiger partial charge in [-0.25, -0.2) is 18.5 Å². The zero-order chi connectivity index (χ0) is 14.2. The summed E-state index contributed by atoms with van der Waals surface area (Å²) in [5.74, 6) is -0.449. The zero-order valence-corrected chi connectivity index (χ0v) is 11.5. The Bertz CT molecular complexity index is 608. The molecule has 19 heavy (non-hydrogen) atoms. The number of sulfonamides is 1. The van der Waals surface area contributed by atoms with Crippen molar-refractivity contribution in [2.75, 3.05) is 14.1 Å². The number of hydrogen-bond acceptors (Lipinski definition) is 5. The van der Waals surface area contributed by atoms with Crippen LogP contribution in [-0.2, 0) is 10.0 Å². The van der Waals surface area contributed by atoms with Crippen LogP contribution in [0.5, 0.6) is 5.75 Å². The highest BCUT2D eigenvalue weighted by molar-refractivity contribution is 7.89. The maximum absolute atomic E-state index is 12.0. The van der Waals surface area contributed by atoms with Crippen molar-refractivity contribution in [2.24, 2.45) is 5.14 Å². The minimum Gasteiger partial charge on any atom is -0.489 e. The first-order chi connectivity index (χ1) is 8.80. The van der Waals surface area contributed by atoms with E-state index in [1.807, 2.05) is 0 Å². The molecular weight excluding hydrogens is 270 g/mol. The summed E-state index contributed by atoms with van der Waals surface area (Å²) in [6.07, 6.45) is 3.06. The summed E-state index contributed by atoms with van der Waals surface area (Å²) in [5, 5.41) is 5.17. The fraction of sp³-hybridized carbons (Fsp3) is 0.455. The number of aromatic nitrogens is 1.